The highest BCUT2D eigenvalue weighted by Gasteiger charge is 2.32. The number of carbonyl (C=O) groups is 1. The molecule has 3 rings (SSSR count). The molecule has 1 aromatic carbocycles. The molecule has 0 aliphatic carbocycles. The Hall–Kier alpha value is -1.78. The van der Waals surface area contributed by atoms with E-state index in [0.717, 1.165) is 24.6 Å². The summed E-state index contributed by atoms with van der Waals surface area (Å²) >= 11 is 1.000. The summed E-state index contributed by atoms with van der Waals surface area (Å²) in [5.41, 5.74) is 0.991. The van der Waals surface area contributed by atoms with E-state index >= 15 is 0 Å². The van der Waals surface area contributed by atoms with Crippen LogP contribution in [0.5, 0.6) is 0 Å². The van der Waals surface area contributed by atoms with Crippen molar-refractivity contribution in [1.82, 2.24) is 23.3 Å². The van der Waals surface area contributed by atoms with Crippen LogP contribution < -0.4 is 5.32 Å². The van der Waals surface area contributed by atoms with E-state index in [1.807, 2.05) is 6.92 Å². The molecule has 142 valence electrons. The third-order valence-electron chi connectivity index (χ3n) is 4.48. The monoisotopic (exact) mass is 397 g/mol. The van der Waals surface area contributed by atoms with Crippen molar-refractivity contribution >= 4 is 38.8 Å². The van der Waals surface area contributed by atoms with Crippen molar-refractivity contribution < 1.29 is 13.2 Å². The van der Waals surface area contributed by atoms with Gasteiger partial charge in [0, 0.05) is 32.2 Å². The maximum atomic E-state index is 13.0. The van der Waals surface area contributed by atoms with Gasteiger partial charge in [-0.05, 0) is 25.5 Å². The second kappa shape index (κ2) is 7.85. The van der Waals surface area contributed by atoms with E-state index in [9.17, 15) is 13.2 Å². The normalized spacial score (nSPS) is 17.4. The SMILES string of the molecule is CCCC(C)NC(=O)N1CCN(S(=O)(=O)c2cccc3nsnc23)CC1. The average Bonchev–Trinajstić information content (AvgIpc) is 3.10. The Morgan fingerprint density at radius 1 is 1.27 bits per heavy atom. The molecule has 1 aliphatic rings. The van der Waals surface area contributed by atoms with Crippen molar-refractivity contribution in [1.29, 1.82) is 0 Å². The number of piperazine rings is 1. The van der Waals surface area contributed by atoms with Crippen molar-refractivity contribution in [2.24, 2.45) is 0 Å². The van der Waals surface area contributed by atoms with Crippen molar-refractivity contribution in [3.63, 3.8) is 0 Å². The van der Waals surface area contributed by atoms with Gasteiger partial charge in [-0.2, -0.15) is 13.1 Å². The van der Waals surface area contributed by atoms with E-state index < -0.39 is 10.0 Å². The van der Waals surface area contributed by atoms with Crippen LogP contribution in [0.2, 0.25) is 0 Å². The largest absolute Gasteiger partial charge is 0.336 e. The summed E-state index contributed by atoms with van der Waals surface area (Å²) in [5.74, 6) is 0. The molecule has 0 spiro atoms. The Bertz CT molecular complexity index is 875. The number of sulfonamides is 1. The van der Waals surface area contributed by atoms with E-state index in [4.69, 9.17) is 0 Å². The zero-order valence-corrected chi connectivity index (χ0v) is 16.5. The lowest BCUT2D eigenvalue weighted by atomic mass is 10.2. The molecular weight excluding hydrogens is 374 g/mol. The van der Waals surface area contributed by atoms with Crippen molar-refractivity contribution in [3.8, 4) is 0 Å². The average molecular weight is 398 g/mol. The first-order valence-electron chi connectivity index (χ1n) is 8.70. The standard InChI is InChI=1S/C16H23N5O3S2/c1-3-5-12(2)17-16(22)20-8-10-21(11-9-20)26(23,24)14-7-4-6-13-15(14)19-25-18-13/h4,6-7,12H,3,5,8-11H2,1-2H3,(H,17,22). The molecule has 1 saturated heterocycles. The fraction of sp³-hybridized carbons (Fsp3) is 0.562. The van der Waals surface area contributed by atoms with Gasteiger partial charge in [0.2, 0.25) is 10.0 Å². The zero-order chi connectivity index (χ0) is 18.7. The Kier molecular flexibility index (Phi) is 5.73. The smallest absolute Gasteiger partial charge is 0.317 e. The van der Waals surface area contributed by atoms with Crippen molar-refractivity contribution in [3.05, 3.63) is 18.2 Å². The Morgan fingerprint density at radius 2 is 2.00 bits per heavy atom. The first kappa shape index (κ1) is 19.0. The number of carbonyl (C=O) groups excluding carboxylic acids is 1. The van der Waals surface area contributed by atoms with E-state index in [2.05, 4.69) is 21.0 Å². The number of hydrogen-bond donors (Lipinski definition) is 1. The molecule has 1 atom stereocenters. The lowest BCUT2D eigenvalue weighted by Crippen LogP contribution is -2.54. The summed E-state index contributed by atoms with van der Waals surface area (Å²) in [6, 6.07) is 4.97. The molecule has 1 aliphatic heterocycles. The molecule has 1 N–H and O–H groups in total. The van der Waals surface area contributed by atoms with Crippen molar-refractivity contribution in [2.75, 3.05) is 26.2 Å². The zero-order valence-electron chi connectivity index (χ0n) is 14.9. The molecule has 1 aromatic heterocycles. The number of nitrogens with one attached hydrogen (secondary N) is 1. The van der Waals surface area contributed by atoms with Gasteiger partial charge in [-0.3, -0.25) is 0 Å². The summed E-state index contributed by atoms with van der Waals surface area (Å²) in [6.07, 6.45) is 1.93. The second-order valence-corrected chi connectivity index (χ2v) is 8.85. The first-order valence-corrected chi connectivity index (χ1v) is 10.9. The van der Waals surface area contributed by atoms with Gasteiger partial charge in [0.25, 0.3) is 0 Å². The molecule has 2 heterocycles. The molecule has 0 radical (unpaired) electrons. The van der Waals surface area contributed by atoms with E-state index in [1.165, 1.54) is 4.31 Å². The number of fused-ring (bicyclic) bond motifs is 1. The van der Waals surface area contributed by atoms with Gasteiger partial charge in [0.15, 0.2) is 0 Å². The maximum Gasteiger partial charge on any atom is 0.317 e. The highest BCUT2D eigenvalue weighted by molar-refractivity contribution is 7.89. The Labute approximate surface area is 157 Å². The van der Waals surface area contributed by atoms with Crippen LogP contribution in [0.25, 0.3) is 11.0 Å². The minimum absolute atomic E-state index is 0.115. The molecule has 1 fully saturated rings. The van der Waals surface area contributed by atoms with E-state index in [0.29, 0.717) is 24.1 Å². The van der Waals surface area contributed by atoms with Crippen LogP contribution in [0.1, 0.15) is 26.7 Å². The highest BCUT2D eigenvalue weighted by atomic mass is 32.2. The molecule has 8 nitrogen and oxygen atoms in total. The van der Waals surface area contributed by atoms with Crippen molar-refractivity contribution in [2.45, 2.75) is 37.6 Å². The quantitative estimate of drug-likeness (QED) is 0.831. The van der Waals surface area contributed by atoms with Gasteiger partial charge in [0.05, 0.1) is 11.7 Å². The minimum Gasteiger partial charge on any atom is -0.336 e. The molecule has 2 amide bonds. The number of amides is 2. The fourth-order valence-electron chi connectivity index (χ4n) is 3.07. The number of rotatable bonds is 5. The summed E-state index contributed by atoms with van der Waals surface area (Å²) in [4.78, 5) is 14.1. The van der Waals surface area contributed by atoms with Gasteiger partial charge in [-0.15, -0.1) is 0 Å². The second-order valence-electron chi connectivity index (χ2n) is 6.42. The van der Waals surface area contributed by atoms with Gasteiger partial charge >= 0.3 is 6.03 Å². The van der Waals surface area contributed by atoms with Crippen LogP contribution in [-0.4, -0.2) is 64.6 Å². The summed E-state index contributed by atoms with van der Waals surface area (Å²) in [6.45, 7) is 5.33. The van der Waals surface area contributed by atoms with E-state index in [-0.39, 0.29) is 30.1 Å². The lowest BCUT2D eigenvalue weighted by Gasteiger charge is -2.34. The highest BCUT2D eigenvalue weighted by Crippen LogP contribution is 2.25. The van der Waals surface area contributed by atoms with Crippen LogP contribution in [0.3, 0.4) is 0 Å². The molecule has 26 heavy (non-hydrogen) atoms. The third-order valence-corrected chi connectivity index (χ3v) is 6.96. The lowest BCUT2D eigenvalue weighted by molar-refractivity contribution is 0.169. The number of urea groups is 1. The molecular formula is C16H23N5O3S2. The molecule has 1 unspecified atom stereocenters. The van der Waals surface area contributed by atoms with Gasteiger partial charge < -0.3 is 10.2 Å². The molecule has 10 heteroatoms. The summed E-state index contributed by atoms with van der Waals surface area (Å²) < 4.78 is 35.6. The van der Waals surface area contributed by atoms with Crippen LogP contribution in [0.4, 0.5) is 4.79 Å². The fourth-order valence-corrected chi connectivity index (χ4v) is 5.24. The number of benzene rings is 1. The first-order chi connectivity index (χ1) is 12.4. The third kappa shape index (κ3) is 3.81. The molecule has 2 aromatic rings. The van der Waals surface area contributed by atoms with Gasteiger partial charge in [-0.1, -0.05) is 19.4 Å². The van der Waals surface area contributed by atoms with Gasteiger partial charge in [0.1, 0.15) is 15.9 Å². The Morgan fingerprint density at radius 3 is 2.69 bits per heavy atom. The summed E-state index contributed by atoms with van der Waals surface area (Å²) in [5, 5.41) is 2.96. The predicted molar refractivity (Wildman–Crippen MR) is 101 cm³/mol. The number of hydrogen-bond acceptors (Lipinski definition) is 6. The minimum atomic E-state index is -3.66. The summed E-state index contributed by atoms with van der Waals surface area (Å²) in [7, 11) is -3.66. The van der Waals surface area contributed by atoms with E-state index in [1.54, 1.807) is 23.1 Å². The van der Waals surface area contributed by atoms with Gasteiger partial charge in [-0.25, -0.2) is 13.2 Å². The maximum absolute atomic E-state index is 13.0. The number of aromatic nitrogens is 2. The van der Waals surface area contributed by atoms with Crippen LogP contribution in [0.15, 0.2) is 23.1 Å². The molecule has 0 saturated carbocycles. The topological polar surface area (TPSA) is 95.5 Å². The number of nitrogens with zero attached hydrogens (tertiary/aromatic N) is 4. The molecule has 0 bridgehead atoms. The van der Waals surface area contributed by atoms with Crippen LogP contribution in [-0.2, 0) is 10.0 Å². The van der Waals surface area contributed by atoms with Crippen LogP contribution in [0, 0.1) is 0 Å². The predicted octanol–water partition coefficient (Wildman–Crippen LogP) is 1.90. The Balaban J connectivity index is 1.68. The van der Waals surface area contributed by atoms with Crippen LogP contribution >= 0.6 is 11.7 Å².